The van der Waals surface area contributed by atoms with Gasteiger partial charge in [-0.25, -0.2) is 4.98 Å². The number of aromatic nitrogens is 1. The molecule has 0 aliphatic carbocycles. The summed E-state index contributed by atoms with van der Waals surface area (Å²) in [4.78, 5) is 15.9. The Morgan fingerprint density at radius 2 is 2.10 bits per heavy atom. The molecule has 0 saturated carbocycles. The number of carbonyl (C=O) groups is 1. The fourth-order valence-corrected chi connectivity index (χ4v) is 1.84. The lowest BCUT2D eigenvalue weighted by molar-refractivity contribution is -0.114. The van der Waals surface area contributed by atoms with Crippen LogP contribution in [0.25, 0.3) is 0 Å². The Morgan fingerprint density at radius 3 is 2.76 bits per heavy atom. The fourth-order valence-electron chi connectivity index (χ4n) is 1.66. The Balaban J connectivity index is 1.85. The molecule has 2 N–H and O–H groups in total. The van der Waals surface area contributed by atoms with Crippen molar-refractivity contribution in [1.29, 1.82) is 0 Å². The highest BCUT2D eigenvalue weighted by Gasteiger charge is 2.05. The van der Waals surface area contributed by atoms with Gasteiger partial charge in [-0.2, -0.15) is 0 Å². The lowest BCUT2D eigenvalue weighted by Crippen LogP contribution is -2.21. The minimum Gasteiger partial charge on any atom is -0.478 e. The van der Waals surface area contributed by atoms with Gasteiger partial charge in [0.1, 0.15) is 0 Å². The van der Waals surface area contributed by atoms with Crippen molar-refractivity contribution in [2.24, 2.45) is 0 Å². The number of amides is 1. The van der Waals surface area contributed by atoms with Crippen LogP contribution in [0.15, 0.2) is 42.6 Å². The summed E-state index contributed by atoms with van der Waals surface area (Å²) in [6.07, 6.45) is 1.62. The summed E-state index contributed by atoms with van der Waals surface area (Å²) in [6.45, 7) is 2.59. The van der Waals surface area contributed by atoms with E-state index in [1.54, 1.807) is 30.5 Å². The van der Waals surface area contributed by atoms with E-state index in [2.05, 4.69) is 15.6 Å². The van der Waals surface area contributed by atoms with E-state index < -0.39 is 0 Å². The van der Waals surface area contributed by atoms with Crippen molar-refractivity contribution >= 4 is 28.9 Å². The Hall–Kier alpha value is -2.27. The number of anilines is 2. The Bertz CT molecular complexity index is 602. The smallest absolute Gasteiger partial charge is 0.243 e. The average Bonchev–Trinajstić information content (AvgIpc) is 2.49. The predicted molar refractivity (Wildman–Crippen MR) is 84.0 cm³/mol. The number of halogens is 1. The number of benzene rings is 1. The zero-order valence-corrected chi connectivity index (χ0v) is 12.4. The minimum atomic E-state index is -0.183. The van der Waals surface area contributed by atoms with Crippen LogP contribution in [-0.2, 0) is 4.79 Å². The molecular formula is C15H16ClN3O2. The summed E-state index contributed by atoms with van der Waals surface area (Å²) >= 11 is 5.97. The van der Waals surface area contributed by atoms with Crippen LogP contribution in [-0.4, -0.2) is 24.0 Å². The highest BCUT2D eigenvalue weighted by Crippen LogP contribution is 2.20. The highest BCUT2D eigenvalue weighted by molar-refractivity contribution is 6.33. The van der Waals surface area contributed by atoms with Gasteiger partial charge in [0.15, 0.2) is 0 Å². The van der Waals surface area contributed by atoms with Crippen molar-refractivity contribution < 1.29 is 9.53 Å². The third-order valence-electron chi connectivity index (χ3n) is 2.63. The van der Waals surface area contributed by atoms with Crippen molar-refractivity contribution in [3.63, 3.8) is 0 Å². The summed E-state index contributed by atoms with van der Waals surface area (Å²) in [7, 11) is 0. The minimum absolute atomic E-state index is 0.126. The maximum absolute atomic E-state index is 11.8. The number of rotatable bonds is 6. The maximum Gasteiger partial charge on any atom is 0.243 e. The molecule has 2 aromatic rings. The molecule has 1 amide bonds. The zero-order chi connectivity index (χ0) is 15.1. The first-order valence-electron chi connectivity index (χ1n) is 6.56. The fraction of sp³-hybridized carbons (Fsp3) is 0.200. The number of para-hydroxylation sites is 1. The first kappa shape index (κ1) is 15.1. The molecule has 0 aliphatic rings. The lowest BCUT2D eigenvalue weighted by atomic mass is 10.3. The van der Waals surface area contributed by atoms with Gasteiger partial charge in [-0.15, -0.1) is 0 Å². The maximum atomic E-state index is 11.8. The molecule has 0 bridgehead atoms. The highest BCUT2D eigenvalue weighted by atomic mass is 35.5. The van der Waals surface area contributed by atoms with Crippen LogP contribution in [0, 0.1) is 0 Å². The topological polar surface area (TPSA) is 63.2 Å². The lowest BCUT2D eigenvalue weighted by Gasteiger charge is -2.09. The Morgan fingerprint density at radius 1 is 1.29 bits per heavy atom. The average molecular weight is 306 g/mol. The van der Waals surface area contributed by atoms with Crippen LogP contribution >= 0.6 is 11.6 Å². The largest absolute Gasteiger partial charge is 0.478 e. The summed E-state index contributed by atoms with van der Waals surface area (Å²) in [5.74, 6) is 0.376. The molecule has 1 aromatic carbocycles. The normalized spacial score (nSPS) is 10.0. The Labute approximate surface area is 128 Å². The van der Waals surface area contributed by atoms with Gasteiger partial charge in [0.05, 0.1) is 35.7 Å². The molecule has 1 heterocycles. The van der Waals surface area contributed by atoms with Gasteiger partial charge in [0.25, 0.3) is 0 Å². The molecule has 21 heavy (non-hydrogen) atoms. The van der Waals surface area contributed by atoms with Gasteiger partial charge in [-0.05, 0) is 25.1 Å². The van der Waals surface area contributed by atoms with E-state index in [-0.39, 0.29) is 12.5 Å². The van der Waals surface area contributed by atoms with Crippen molar-refractivity contribution in [3.8, 4) is 5.88 Å². The number of nitrogens with zero attached hydrogens (tertiary/aromatic N) is 1. The molecule has 5 nitrogen and oxygen atoms in total. The van der Waals surface area contributed by atoms with Crippen LogP contribution < -0.4 is 15.4 Å². The summed E-state index contributed by atoms with van der Waals surface area (Å²) in [6, 6.07) is 10.6. The van der Waals surface area contributed by atoms with Gasteiger partial charge in [0, 0.05) is 6.07 Å². The third-order valence-corrected chi connectivity index (χ3v) is 2.96. The van der Waals surface area contributed by atoms with Crippen molar-refractivity contribution in [3.05, 3.63) is 47.6 Å². The third kappa shape index (κ3) is 4.65. The number of pyridine rings is 1. The van der Waals surface area contributed by atoms with E-state index in [1.807, 2.05) is 19.1 Å². The molecule has 110 valence electrons. The molecule has 0 unspecified atom stereocenters. The van der Waals surface area contributed by atoms with Crippen LogP contribution in [0.3, 0.4) is 0 Å². The monoisotopic (exact) mass is 305 g/mol. The SMILES string of the molecule is CCOc1ccc(NCC(=O)Nc2ccccc2Cl)cn1. The summed E-state index contributed by atoms with van der Waals surface area (Å²) < 4.78 is 5.25. The van der Waals surface area contributed by atoms with Gasteiger partial charge in [-0.3, -0.25) is 4.79 Å². The van der Waals surface area contributed by atoms with E-state index in [0.717, 1.165) is 5.69 Å². The molecule has 0 saturated heterocycles. The van der Waals surface area contributed by atoms with Crippen LogP contribution in [0.5, 0.6) is 5.88 Å². The number of hydrogen-bond acceptors (Lipinski definition) is 4. The molecule has 0 spiro atoms. The predicted octanol–water partition coefficient (Wildman–Crippen LogP) is 3.18. The van der Waals surface area contributed by atoms with E-state index in [4.69, 9.17) is 16.3 Å². The standard InChI is InChI=1S/C15H16ClN3O2/c1-2-21-15-8-7-11(9-18-15)17-10-14(20)19-13-6-4-3-5-12(13)16/h3-9,17H,2,10H2,1H3,(H,19,20). The molecule has 2 rings (SSSR count). The second-order valence-electron chi connectivity index (χ2n) is 4.20. The van der Waals surface area contributed by atoms with Crippen molar-refractivity contribution in [2.45, 2.75) is 6.92 Å². The van der Waals surface area contributed by atoms with Crippen LogP contribution in [0.2, 0.25) is 5.02 Å². The first-order chi connectivity index (χ1) is 10.2. The Kier molecular flexibility index (Phi) is 5.40. The quantitative estimate of drug-likeness (QED) is 0.860. The summed E-state index contributed by atoms with van der Waals surface area (Å²) in [5, 5.41) is 6.22. The first-order valence-corrected chi connectivity index (χ1v) is 6.94. The van der Waals surface area contributed by atoms with Crippen molar-refractivity contribution in [1.82, 2.24) is 4.98 Å². The number of ether oxygens (including phenoxy) is 1. The van der Waals surface area contributed by atoms with E-state index in [9.17, 15) is 4.79 Å². The van der Waals surface area contributed by atoms with Crippen LogP contribution in [0.1, 0.15) is 6.92 Å². The molecule has 0 radical (unpaired) electrons. The van der Waals surface area contributed by atoms with E-state index in [1.165, 1.54) is 0 Å². The molecule has 1 aromatic heterocycles. The molecule has 0 fully saturated rings. The van der Waals surface area contributed by atoms with Gasteiger partial charge < -0.3 is 15.4 Å². The zero-order valence-electron chi connectivity index (χ0n) is 11.6. The van der Waals surface area contributed by atoms with E-state index >= 15 is 0 Å². The van der Waals surface area contributed by atoms with Gasteiger partial charge in [0.2, 0.25) is 11.8 Å². The summed E-state index contributed by atoms with van der Waals surface area (Å²) in [5.41, 5.74) is 1.34. The molecule has 0 atom stereocenters. The van der Waals surface area contributed by atoms with E-state index in [0.29, 0.717) is 23.2 Å². The van der Waals surface area contributed by atoms with Gasteiger partial charge >= 0.3 is 0 Å². The van der Waals surface area contributed by atoms with Gasteiger partial charge in [-0.1, -0.05) is 23.7 Å². The number of nitrogens with one attached hydrogen (secondary N) is 2. The second kappa shape index (κ2) is 7.50. The molecular weight excluding hydrogens is 290 g/mol. The second-order valence-corrected chi connectivity index (χ2v) is 4.61. The van der Waals surface area contributed by atoms with Crippen molar-refractivity contribution in [2.75, 3.05) is 23.8 Å². The molecule has 0 aliphatic heterocycles. The van der Waals surface area contributed by atoms with Crippen LogP contribution in [0.4, 0.5) is 11.4 Å². The number of hydrogen-bond donors (Lipinski definition) is 2. The number of carbonyl (C=O) groups excluding carboxylic acids is 1. The molecule has 6 heteroatoms.